The summed E-state index contributed by atoms with van der Waals surface area (Å²) in [5.74, 6) is 1.62. The van der Waals surface area contributed by atoms with Crippen molar-refractivity contribution in [3.05, 3.63) is 35.4 Å². The van der Waals surface area contributed by atoms with Crippen LogP contribution in [0.2, 0.25) is 0 Å². The van der Waals surface area contributed by atoms with Crippen molar-refractivity contribution in [2.45, 2.75) is 51.9 Å². The van der Waals surface area contributed by atoms with E-state index in [0.29, 0.717) is 12.1 Å². The Morgan fingerprint density at radius 2 is 1.74 bits per heavy atom. The van der Waals surface area contributed by atoms with Gasteiger partial charge in [-0.05, 0) is 62.4 Å². The number of aliphatic imine (C=N–C) groups is 1. The largest absolute Gasteiger partial charge is 0.411 e. The SMILES string of the molecule is CN=C(NCCCCN1CCC(C)CC1)NCc1ccc(COCC(F)(F)F)cc1.I. The standard InChI is InChI=1S/C22H35F3N4O.HI/c1-18-9-13-29(14-10-18)12-4-3-11-27-21(26-2)28-15-19-5-7-20(8-6-19)16-30-17-22(23,24)25;/h5-8,18H,3-4,9-17H2,1-2H3,(H2,26,27,28);1H. The molecule has 1 aromatic rings. The maximum absolute atomic E-state index is 12.1. The van der Waals surface area contributed by atoms with Gasteiger partial charge in [0.15, 0.2) is 5.96 Å². The molecular formula is C22H36F3IN4O. The van der Waals surface area contributed by atoms with Gasteiger partial charge in [0.1, 0.15) is 6.61 Å². The number of ether oxygens (including phenoxy) is 1. The minimum atomic E-state index is -4.29. The van der Waals surface area contributed by atoms with Crippen molar-refractivity contribution in [1.82, 2.24) is 15.5 Å². The number of halogens is 4. The molecule has 0 atom stereocenters. The molecule has 0 aromatic heterocycles. The van der Waals surface area contributed by atoms with Crippen LogP contribution in [0.5, 0.6) is 0 Å². The molecule has 1 heterocycles. The van der Waals surface area contributed by atoms with E-state index < -0.39 is 12.8 Å². The lowest BCUT2D eigenvalue weighted by atomic mass is 9.99. The summed E-state index contributed by atoms with van der Waals surface area (Å²) in [7, 11) is 1.74. The van der Waals surface area contributed by atoms with E-state index in [4.69, 9.17) is 0 Å². The molecule has 5 nitrogen and oxygen atoms in total. The Bertz CT molecular complexity index is 633. The van der Waals surface area contributed by atoms with Gasteiger partial charge < -0.3 is 20.3 Å². The summed E-state index contributed by atoms with van der Waals surface area (Å²) in [5.41, 5.74) is 1.74. The van der Waals surface area contributed by atoms with Gasteiger partial charge in [-0.2, -0.15) is 13.2 Å². The minimum absolute atomic E-state index is 0. The van der Waals surface area contributed by atoms with Crippen molar-refractivity contribution in [2.24, 2.45) is 10.9 Å². The number of hydrogen-bond acceptors (Lipinski definition) is 3. The molecule has 0 aliphatic carbocycles. The Hall–Kier alpha value is -1.07. The van der Waals surface area contributed by atoms with Crippen LogP contribution in [-0.2, 0) is 17.9 Å². The molecule has 0 saturated carbocycles. The Morgan fingerprint density at radius 1 is 1.10 bits per heavy atom. The summed E-state index contributed by atoms with van der Waals surface area (Å²) in [6.45, 7) is 6.15. The molecule has 0 amide bonds. The fourth-order valence-electron chi connectivity index (χ4n) is 3.40. The zero-order valence-corrected chi connectivity index (χ0v) is 20.8. The van der Waals surface area contributed by atoms with E-state index in [1.807, 2.05) is 12.1 Å². The van der Waals surface area contributed by atoms with E-state index in [1.165, 1.54) is 38.9 Å². The summed E-state index contributed by atoms with van der Waals surface area (Å²) >= 11 is 0. The number of nitrogens with zero attached hydrogens (tertiary/aromatic N) is 2. The first-order valence-corrected chi connectivity index (χ1v) is 10.7. The maximum atomic E-state index is 12.1. The molecule has 1 aliphatic rings. The van der Waals surface area contributed by atoms with Crippen LogP contribution < -0.4 is 10.6 Å². The fraction of sp³-hybridized carbons (Fsp3) is 0.682. The average Bonchev–Trinajstić information content (AvgIpc) is 2.71. The molecule has 1 fully saturated rings. The second kappa shape index (κ2) is 14.9. The minimum Gasteiger partial charge on any atom is -0.367 e. The molecule has 0 radical (unpaired) electrons. The molecule has 1 saturated heterocycles. The van der Waals surface area contributed by atoms with Crippen LogP contribution in [0.25, 0.3) is 0 Å². The molecular weight excluding hydrogens is 520 g/mol. The third-order valence-electron chi connectivity index (χ3n) is 5.31. The number of piperidine rings is 1. The summed E-state index contributed by atoms with van der Waals surface area (Å²) in [6, 6.07) is 7.33. The number of hydrogen-bond donors (Lipinski definition) is 2. The lowest BCUT2D eigenvalue weighted by Crippen LogP contribution is -2.38. The van der Waals surface area contributed by atoms with Gasteiger partial charge in [0.2, 0.25) is 0 Å². The quantitative estimate of drug-likeness (QED) is 0.192. The summed E-state index contributed by atoms with van der Waals surface area (Å²) in [5, 5.41) is 6.59. The first-order chi connectivity index (χ1) is 14.4. The first kappa shape index (κ1) is 28.0. The topological polar surface area (TPSA) is 48.9 Å². The third kappa shape index (κ3) is 12.5. The molecule has 0 unspecified atom stereocenters. The molecule has 2 rings (SSSR count). The Morgan fingerprint density at radius 3 is 2.35 bits per heavy atom. The molecule has 2 N–H and O–H groups in total. The lowest BCUT2D eigenvalue weighted by Gasteiger charge is -2.30. The zero-order valence-electron chi connectivity index (χ0n) is 18.5. The van der Waals surface area contributed by atoms with Gasteiger partial charge in [0.05, 0.1) is 6.61 Å². The van der Waals surface area contributed by atoms with Crippen LogP contribution in [0.1, 0.15) is 43.7 Å². The van der Waals surface area contributed by atoms with Crippen molar-refractivity contribution in [3.8, 4) is 0 Å². The number of likely N-dealkylation sites (tertiary alicyclic amines) is 1. The van der Waals surface area contributed by atoms with Gasteiger partial charge in [-0.15, -0.1) is 24.0 Å². The van der Waals surface area contributed by atoms with E-state index >= 15 is 0 Å². The van der Waals surface area contributed by atoms with Crippen molar-refractivity contribution < 1.29 is 17.9 Å². The van der Waals surface area contributed by atoms with Gasteiger partial charge in [0, 0.05) is 20.1 Å². The summed E-state index contributed by atoms with van der Waals surface area (Å²) < 4.78 is 41.0. The first-order valence-electron chi connectivity index (χ1n) is 10.7. The average molecular weight is 556 g/mol. The maximum Gasteiger partial charge on any atom is 0.411 e. The normalized spacial score (nSPS) is 16.1. The van der Waals surface area contributed by atoms with Crippen LogP contribution in [0.3, 0.4) is 0 Å². The molecule has 0 spiro atoms. The Labute approximate surface area is 201 Å². The van der Waals surface area contributed by atoms with E-state index in [-0.39, 0.29) is 30.6 Å². The van der Waals surface area contributed by atoms with Crippen LogP contribution in [0, 0.1) is 5.92 Å². The van der Waals surface area contributed by atoms with Gasteiger partial charge >= 0.3 is 6.18 Å². The monoisotopic (exact) mass is 556 g/mol. The van der Waals surface area contributed by atoms with Crippen molar-refractivity contribution in [2.75, 3.05) is 39.8 Å². The number of unbranched alkanes of at least 4 members (excludes halogenated alkanes) is 1. The lowest BCUT2D eigenvalue weighted by molar-refractivity contribution is -0.176. The number of nitrogens with one attached hydrogen (secondary N) is 2. The van der Waals surface area contributed by atoms with Gasteiger partial charge in [-0.1, -0.05) is 31.2 Å². The highest BCUT2D eigenvalue weighted by Crippen LogP contribution is 2.16. The number of benzene rings is 1. The second-order valence-corrected chi connectivity index (χ2v) is 8.01. The third-order valence-corrected chi connectivity index (χ3v) is 5.31. The smallest absolute Gasteiger partial charge is 0.367 e. The van der Waals surface area contributed by atoms with Gasteiger partial charge in [-0.3, -0.25) is 4.99 Å². The van der Waals surface area contributed by atoms with Crippen molar-refractivity contribution >= 4 is 29.9 Å². The highest BCUT2D eigenvalue weighted by atomic mass is 127. The number of guanidine groups is 1. The van der Waals surface area contributed by atoms with Crippen LogP contribution in [0.15, 0.2) is 29.3 Å². The van der Waals surface area contributed by atoms with E-state index in [9.17, 15) is 13.2 Å². The number of alkyl halides is 3. The highest BCUT2D eigenvalue weighted by molar-refractivity contribution is 14.0. The van der Waals surface area contributed by atoms with Crippen LogP contribution >= 0.6 is 24.0 Å². The highest BCUT2D eigenvalue weighted by Gasteiger charge is 2.27. The van der Waals surface area contributed by atoms with Gasteiger partial charge in [0.25, 0.3) is 0 Å². The second-order valence-electron chi connectivity index (χ2n) is 8.01. The zero-order chi connectivity index (χ0) is 21.8. The molecule has 31 heavy (non-hydrogen) atoms. The van der Waals surface area contributed by atoms with Crippen LogP contribution in [0.4, 0.5) is 13.2 Å². The fourth-order valence-corrected chi connectivity index (χ4v) is 3.40. The van der Waals surface area contributed by atoms with E-state index in [2.05, 4.69) is 32.2 Å². The Kier molecular flexibility index (Phi) is 13.4. The van der Waals surface area contributed by atoms with Gasteiger partial charge in [-0.25, -0.2) is 0 Å². The molecule has 1 aromatic carbocycles. The van der Waals surface area contributed by atoms with Crippen molar-refractivity contribution in [3.63, 3.8) is 0 Å². The van der Waals surface area contributed by atoms with Crippen molar-refractivity contribution in [1.29, 1.82) is 0 Å². The van der Waals surface area contributed by atoms with Crippen LogP contribution in [-0.4, -0.2) is 56.9 Å². The number of rotatable bonds is 10. The van der Waals surface area contributed by atoms with E-state index in [0.717, 1.165) is 30.4 Å². The molecule has 1 aliphatic heterocycles. The predicted octanol–water partition coefficient (Wildman–Crippen LogP) is 4.56. The molecule has 0 bridgehead atoms. The summed E-state index contributed by atoms with van der Waals surface area (Å²) in [6.07, 6.45) is 0.612. The van der Waals surface area contributed by atoms with E-state index in [1.54, 1.807) is 19.2 Å². The molecule has 9 heteroatoms. The summed E-state index contributed by atoms with van der Waals surface area (Å²) in [4.78, 5) is 6.80. The molecule has 178 valence electrons. The predicted molar refractivity (Wildman–Crippen MR) is 130 cm³/mol. The Balaban J connectivity index is 0.00000480.